The summed E-state index contributed by atoms with van der Waals surface area (Å²) in [6.45, 7) is 16.7. The second kappa shape index (κ2) is 14.6. The fourth-order valence-electron chi connectivity index (χ4n) is 11.0. The molecule has 66 heavy (non-hydrogen) atoms. The zero-order valence-corrected chi connectivity index (χ0v) is 39.6. The summed E-state index contributed by atoms with van der Waals surface area (Å²) in [6.07, 6.45) is 0. The molecule has 0 amide bonds. The van der Waals surface area contributed by atoms with E-state index < -0.39 is 8.07 Å². The topological polar surface area (TPSA) is 32.8 Å². The van der Waals surface area contributed by atoms with Gasteiger partial charge in [0.2, 0.25) is 0 Å². The summed E-state index contributed by atoms with van der Waals surface area (Å²) in [5.41, 5.74) is 17.5. The molecular formula is C61H52N2O2Si. The van der Waals surface area contributed by atoms with Crippen LogP contribution in [0.3, 0.4) is 0 Å². The van der Waals surface area contributed by atoms with Crippen molar-refractivity contribution in [1.82, 2.24) is 0 Å². The van der Waals surface area contributed by atoms with Crippen molar-refractivity contribution in [1.29, 1.82) is 0 Å². The largest absolute Gasteiger partial charge is 0.456 e. The van der Waals surface area contributed by atoms with Crippen molar-refractivity contribution < 1.29 is 8.83 Å². The van der Waals surface area contributed by atoms with Crippen LogP contribution in [0.2, 0.25) is 19.6 Å². The van der Waals surface area contributed by atoms with Crippen LogP contribution in [-0.4, -0.2) is 8.07 Å². The van der Waals surface area contributed by atoms with Gasteiger partial charge in [-0.15, -0.1) is 0 Å². The minimum atomic E-state index is -1.46. The molecule has 2 heterocycles. The first kappa shape index (κ1) is 40.2. The summed E-state index contributed by atoms with van der Waals surface area (Å²) in [6, 6.07) is 68.3. The molecule has 0 radical (unpaired) electrons. The van der Waals surface area contributed by atoms with E-state index >= 15 is 0 Å². The molecule has 5 heteroatoms. The molecule has 322 valence electrons. The highest BCUT2D eigenvalue weighted by Gasteiger charge is 2.50. The van der Waals surface area contributed by atoms with E-state index in [1.165, 1.54) is 33.0 Å². The molecule has 0 fully saturated rings. The highest BCUT2D eigenvalue weighted by atomic mass is 28.3. The fourth-order valence-corrected chi connectivity index (χ4v) is 12.2. The average molecular weight is 873 g/mol. The maximum Gasteiger partial charge on any atom is 0.139 e. The van der Waals surface area contributed by atoms with Crippen LogP contribution in [0.4, 0.5) is 34.1 Å². The molecule has 0 saturated heterocycles. The van der Waals surface area contributed by atoms with Crippen LogP contribution < -0.4 is 15.0 Å². The lowest BCUT2D eigenvalue weighted by Crippen LogP contribution is -2.37. The molecule has 0 N–H and O–H groups in total. The van der Waals surface area contributed by atoms with E-state index in [1.807, 2.05) is 12.1 Å². The number of benzene rings is 8. The molecule has 10 aromatic rings. The SMILES string of the molecule is CC1(C)c2cc(N(c3ccccc3)c3ccc([Si](C)(C)C)cc3)ccc2-c2oc3c(c21)C(C)(C)c1cc(N(c2ccc4c(c2)oc2ccccc24)c2ccccc2-c2ccccc2)ccc1-3. The van der Waals surface area contributed by atoms with Crippen molar-refractivity contribution in [2.24, 2.45) is 0 Å². The van der Waals surface area contributed by atoms with Crippen molar-refractivity contribution in [3.05, 3.63) is 210 Å². The van der Waals surface area contributed by atoms with Crippen LogP contribution in [0.5, 0.6) is 0 Å². The number of fused-ring (bicyclic) bond motifs is 10. The zero-order valence-electron chi connectivity index (χ0n) is 38.6. The van der Waals surface area contributed by atoms with Crippen molar-refractivity contribution in [3.8, 4) is 33.8 Å². The average Bonchev–Trinajstić information content (AvgIpc) is 4.03. The molecule has 12 rings (SSSR count). The van der Waals surface area contributed by atoms with Crippen molar-refractivity contribution in [3.63, 3.8) is 0 Å². The Balaban J connectivity index is 0.969. The molecule has 2 aliphatic carbocycles. The number of para-hydroxylation sites is 3. The van der Waals surface area contributed by atoms with E-state index in [1.54, 1.807) is 0 Å². The number of rotatable bonds is 8. The van der Waals surface area contributed by atoms with Crippen LogP contribution >= 0.6 is 0 Å². The molecule has 0 bridgehead atoms. The number of hydrogen-bond acceptors (Lipinski definition) is 4. The van der Waals surface area contributed by atoms with Gasteiger partial charge in [0.15, 0.2) is 0 Å². The van der Waals surface area contributed by atoms with Crippen molar-refractivity contribution >= 4 is 69.3 Å². The fraction of sp³-hybridized carbons (Fsp3) is 0.148. The van der Waals surface area contributed by atoms with Gasteiger partial charge in [-0.25, -0.2) is 0 Å². The predicted octanol–water partition coefficient (Wildman–Crippen LogP) is 16.9. The van der Waals surface area contributed by atoms with Gasteiger partial charge in [-0.1, -0.05) is 150 Å². The van der Waals surface area contributed by atoms with Crippen LogP contribution in [0.15, 0.2) is 197 Å². The molecule has 0 atom stereocenters. The Bertz CT molecular complexity index is 3520. The van der Waals surface area contributed by atoms with Crippen molar-refractivity contribution in [2.45, 2.75) is 58.2 Å². The second-order valence-electron chi connectivity index (χ2n) is 20.2. The van der Waals surface area contributed by atoms with Crippen LogP contribution in [0.25, 0.3) is 55.7 Å². The summed E-state index contributed by atoms with van der Waals surface area (Å²) in [4.78, 5) is 4.79. The molecule has 2 aromatic heterocycles. The first-order valence-electron chi connectivity index (χ1n) is 23.2. The van der Waals surface area contributed by atoms with E-state index in [-0.39, 0.29) is 10.8 Å². The van der Waals surface area contributed by atoms with Crippen LogP contribution in [-0.2, 0) is 10.8 Å². The normalized spacial score (nSPS) is 14.2. The molecule has 0 spiro atoms. The third-order valence-electron chi connectivity index (χ3n) is 14.4. The van der Waals surface area contributed by atoms with Gasteiger partial charge in [-0.3, -0.25) is 0 Å². The first-order valence-corrected chi connectivity index (χ1v) is 26.7. The highest BCUT2D eigenvalue weighted by molar-refractivity contribution is 6.88. The summed E-state index contributed by atoms with van der Waals surface area (Å²) in [5, 5.41) is 3.69. The summed E-state index contributed by atoms with van der Waals surface area (Å²) < 4.78 is 13.7. The highest BCUT2D eigenvalue weighted by Crippen LogP contribution is 2.62. The minimum Gasteiger partial charge on any atom is -0.456 e. The maximum atomic E-state index is 7.20. The van der Waals surface area contributed by atoms with Gasteiger partial charge in [0.25, 0.3) is 0 Å². The standard InChI is InChI=1S/C61H52N2O2Si/c1-60(2)51-36-42(62(40-20-12-9-13-21-40)41-26-31-45(32-27-41)66(5,6)7)29-34-49(51)58-56(60)57-59(65-58)50-35-30-43(37-52(50)61(57,3)4)63(53-24-16-14-22-46(53)39-18-10-8-11-19-39)44-28-33-48-47-23-15-17-25-54(47)64-55(48)38-44/h8-38H,1-7H3. The summed E-state index contributed by atoms with van der Waals surface area (Å²) in [5.74, 6) is 1.99. The van der Waals surface area contributed by atoms with Crippen LogP contribution in [0, 0.1) is 0 Å². The second-order valence-corrected chi connectivity index (χ2v) is 25.3. The number of hydrogen-bond donors (Lipinski definition) is 0. The van der Waals surface area contributed by atoms with E-state index in [2.05, 4.69) is 233 Å². The molecule has 4 nitrogen and oxygen atoms in total. The van der Waals surface area contributed by atoms with Gasteiger partial charge in [0.1, 0.15) is 22.7 Å². The van der Waals surface area contributed by atoms with Gasteiger partial charge in [-0.2, -0.15) is 0 Å². The summed E-state index contributed by atoms with van der Waals surface area (Å²) in [7, 11) is -1.46. The lowest BCUT2D eigenvalue weighted by Gasteiger charge is -2.31. The Kier molecular flexibility index (Phi) is 8.88. The Hall–Kier alpha value is -7.34. The van der Waals surface area contributed by atoms with E-state index in [4.69, 9.17) is 8.83 Å². The third kappa shape index (κ3) is 6.10. The maximum absolute atomic E-state index is 7.20. The monoisotopic (exact) mass is 872 g/mol. The molecule has 2 aliphatic rings. The molecule has 0 saturated carbocycles. The molecule has 8 aromatic carbocycles. The molecule has 0 aliphatic heterocycles. The lowest BCUT2D eigenvalue weighted by atomic mass is 9.74. The van der Waals surface area contributed by atoms with E-state index in [9.17, 15) is 0 Å². The predicted molar refractivity (Wildman–Crippen MR) is 279 cm³/mol. The van der Waals surface area contributed by atoms with Crippen molar-refractivity contribution in [2.75, 3.05) is 9.80 Å². The number of nitrogens with zero attached hydrogens (tertiary/aromatic N) is 2. The smallest absolute Gasteiger partial charge is 0.139 e. The number of anilines is 6. The molecular weight excluding hydrogens is 821 g/mol. The Morgan fingerprint density at radius 2 is 0.894 bits per heavy atom. The zero-order chi connectivity index (χ0) is 45.1. The van der Waals surface area contributed by atoms with Gasteiger partial charge >= 0.3 is 0 Å². The van der Waals surface area contributed by atoms with Gasteiger partial charge in [-0.05, 0) is 102 Å². The van der Waals surface area contributed by atoms with E-state index in [0.717, 1.165) is 84.3 Å². The van der Waals surface area contributed by atoms with Gasteiger partial charge in [0, 0.05) is 83.9 Å². The lowest BCUT2D eigenvalue weighted by molar-refractivity contribution is 0.592. The summed E-state index contributed by atoms with van der Waals surface area (Å²) >= 11 is 0. The van der Waals surface area contributed by atoms with E-state index in [0.29, 0.717) is 0 Å². The Morgan fingerprint density at radius 1 is 0.394 bits per heavy atom. The first-order chi connectivity index (χ1) is 31.9. The quantitative estimate of drug-likeness (QED) is 0.142. The Morgan fingerprint density at radius 3 is 1.55 bits per heavy atom. The van der Waals surface area contributed by atoms with Crippen LogP contribution in [0.1, 0.15) is 49.9 Å². The third-order valence-corrected chi connectivity index (χ3v) is 16.4. The molecule has 0 unspecified atom stereocenters. The van der Waals surface area contributed by atoms with Gasteiger partial charge < -0.3 is 18.6 Å². The Labute approximate surface area is 388 Å². The van der Waals surface area contributed by atoms with Gasteiger partial charge in [0.05, 0.1) is 13.8 Å². The number of furan rings is 2. The minimum absolute atomic E-state index is 0.313.